The van der Waals surface area contributed by atoms with E-state index in [0.29, 0.717) is 16.7 Å². The van der Waals surface area contributed by atoms with Gasteiger partial charge in [-0.1, -0.05) is 25.5 Å². The molecule has 8 heteroatoms. The summed E-state index contributed by atoms with van der Waals surface area (Å²) in [4.78, 5) is 24.3. The predicted octanol–water partition coefficient (Wildman–Crippen LogP) is 2.63. The smallest absolute Gasteiger partial charge is 0.325 e. The van der Waals surface area contributed by atoms with Gasteiger partial charge in [-0.2, -0.15) is 0 Å². The zero-order chi connectivity index (χ0) is 21.2. The maximum absolute atomic E-state index is 12.7. The highest BCUT2D eigenvalue weighted by molar-refractivity contribution is 7.92. The Hall–Kier alpha value is -2.87. The quantitative estimate of drug-likeness (QED) is 0.642. The summed E-state index contributed by atoms with van der Waals surface area (Å²) in [6, 6.07) is 11.9. The van der Waals surface area contributed by atoms with Gasteiger partial charge in [0.1, 0.15) is 5.75 Å². The van der Waals surface area contributed by atoms with Crippen LogP contribution in [0.5, 0.6) is 0 Å². The van der Waals surface area contributed by atoms with Crippen molar-refractivity contribution in [2.75, 3.05) is 11.1 Å². The van der Waals surface area contributed by atoms with E-state index in [2.05, 4.69) is 12.2 Å². The van der Waals surface area contributed by atoms with Crippen LogP contribution < -0.4 is 11.0 Å². The number of nitrogens with one attached hydrogen (secondary N) is 1. The summed E-state index contributed by atoms with van der Waals surface area (Å²) < 4.78 is 28.2. The monoisotopic (exact) mass is 415 g/mol. The fraction of sp³-hybridized carbons (Fsp3) is 0.333. The molecular weight excluding hydrogens is 390 g/mol. The second-order valence-corrected chi connectivity index (χ2v) is 9.15. The molecule has 7 nitrogen and oxygen atoms in total. The Labute approximate surface area is 169 Å². The van der Waals surface area contributed by atoms with Crippen LogP contribution in [0.2, 0.25) is 0 Å². The number of fused-ring (bicyclic) bond motifs is 1. The van der Waals surface area contributed by atoms with Crippen molar-refractivity contribution in [2.24, 2.45) is 14.1 Å². The first-order chi connectivity index (χ1) is 13.7. The molecule has 2 aromatic carbocycles. The minimum absolute atomic E-state index is 0.0104. The minimum atomic E-state index is -3.85. The number of hydrogen-bond donors (Lipinski definition) is 1. The Morgan fingerprint density at radius 3 is 2.31 bits per heavy atom. The van der Waals surface area contributed by atoms with Crippen molar-refractivity contribution in [2.45, 2.75) is 31.1 Å². The Morgan fingerprint density at radius 2 is 1.66 bits per heavy atom. The van der Waals surface area contributed by atoms with Crippen LogP contribution >= 0.6 is 0 Å². The van der Waals surface area contributed by atoms with Crippen LogP contribution in [0, 0.1) is 0 Å². The summed E-state index contributed by atoms with van der Waals surface area (Å²) in [7, 11) is -0.642. The van der Waals surface area contributed by atoms with Crippen LogP contribution in [0.1, 0.15) is 25.3 Å². The second-order valence-electron chi connectivity index (χ2n) is 7.16. The van der Waals surface area contributed by atoms with Crippen LogP contribution in [-0.4, -0.2) is 29.2 Å². The highest BCUT2D eigenvalue weighted by atomic mass is 32.2. The molecule has 0 radical (unpaired) electrons. The van der Waals surface area contributed by atoms with E-state index in [-0.39, 0.29) is 10.6 Å². The first-order valence-electron chi connectivity index (χ1n) is 9.50. The lowest BCUT2D eigenvalue weighted by Gasteiger charge is -2.08. The molecule has 3 aromatic rings. The number of hydrogen-bond acceptors (Lipinski definition) is 4. The maximum Gasteiger partial charge on any atom is 0.328 e. The molecule has 0 unspecified atom stereocenters. The van der Waals surface area contributed by atoms with Crippen LogP contribution in [0.15, 0.2) is 52.2 Å². The number of aromatic nitrogens is 2. The first kappa shape index (κ1) is 20.9. The zero-order valence-electron chi connectivity index (χ0n) is 16.8. The van der Waals surface area contributed by atoms with Crippen molar-refractivity contribution in [1.29, 1.82) is 0 Å². The van der Waals surface area contributed by atoms with Crippen molar-refractivity contribution >= 4 is 32.5 Å². The molecule has 0 spiro atoms. The number of anilines is 1. The summed E-state index contributed by atoms with van der Waals surface area (Å²) in [6.07, 6.45) is 3.18. The van der Waals surface area contributed by atoms with E-state index in [1.807, 2.05) is 12.1 Å². The fourth-order valence-corrected chi connectivity index (χ4v) is 4.42. The highest BCUT2D eigenvalue weighted by Crippen LogP contribution is 2.19. The molecule has 0 aliphatic rings. The second kappa shape index (κ2) is 8.24. The van der Waals surface area contributed by atoms with E-state index < -0.39 is 21.5 Å². The molecule has 1 aromatic heterocycles. The number of sulfone groups is 1. The normalized spacial score (nSPS) is 11.7. The Kier molecular flexibility index (Phi) is 5.93. The van der Waals surface area contributed by atoms with Gasteiger partial charge in [0, 0.05) is 19.8 Å². The lowest BCUT2D eigenvalue weighted by molar-refractivity contribution is -0.113. The number of rotatable bonds is 7. The number of imidazole rings is 1. The van der Waals surface area contributed by atoms with Crippen molar-refractivity contribution < 1.29 is 13.2 Å². The average Bonchev–Trinajstić information content (AvgIpc) is 2.91. The summed E-state index contributed by atoms with van der Waals surface area (Å²) >= 11 is 0. The van der Waals surface area contributed by atoms with Gasteiger partial charge in [-0.25, -0.2) is 13.2 Å². The van der Waals surface area contributed by atoms with E-state index in [0.717, 1.165) is 19.3 Å². The molecule has 0 fully saturated rings. The molecule has 0 aliphatic carbocycles. The molecule has 1 heterocycles. The topological polar surface area (TPSA) is 90.2 Å². The van der Waals surface area contributed by atoms with E-state index in [1.165, 1.54) is 26.8 Å². The highest BCUT2D eigenvalue weighted by Gasteiger charge is 2.21. The first-order valence-corrected chi connectivity index (χ1v) is 11.1. The van der Waals surface area contributed by atoms with E-state index in [9.17, 15) is 18.0 Å². The van der Waals surface area contributed by atoms with Crippen LogP contribution in [0.4, 0.5) is 5.69 Å². The number of nitrogens with zero attached hydrogens (tertiary/aromatic N) is 2. The van der Waals surface area contributed by atoms with Crippen molar-refractivity contribution in [3.8, 4) is 0 Å². The molecule has 29 heavy (non-hydrogen) atoms. The molecule has 3 rings (SSSR count). The fourth-order valence-electron chi connectivity index (χ4n) is 3.27. The van der Waals surface area contributed by atoms with Gasteiger partial charge in [-0.15, -0.1) is 0 Å². The van der Waals surface area contributed by atoms with Gasteiger partial charge < -0.3 is 5.32 Å². The molecule has 1 amide bonds. The molecule has 0 saturated heterocycles. The van der Waals surface area contributed by atoms with Gasteiger partial charge in [-0.3, -0.25) is 13.9 Å². The van der Waals surface area contributed by atoms with Gasteiger partial charge >= 0.3 is 5.69 Å². The number of carbonyl (C=O) groups is 1. The number of unbranched alkanes of at least 4 members (excludes halogenated alkanes) is 1. The number of aryl methyl sites for hydroxylation is 3. The van der Waals surface area contributed by atoms with Crippen molar-refractivity contribution in [3.05, 3.63) is 58.5 Å². The van der Waals surface area contributed by atoms with Crippen molar-refractivity contribution in [3.63, 3.8) is 0 Å². The number of amides is 1. The standard InChI is InChI=1S/C21H25N3O4S/c1-4-5-6-15-7-9-16(10-8-15)22-20(25)14-29(27,28)17-11-12-18-19(13-17)24(3)21(26)23(18)2/h7-13H,4-6,14H2,1-3H3,(H,22,25). The minimum Gasteiger partial charge on any atom is -0.325 e. The molecule has 0 saturated carbocycles. The molecule has 0 aliphatic heterocycles. The van der Waals surface area contributed by atoms with Gasteiger partial charge in [0.15, 0.2) is 9.84 Å². The molecule has 0 bridgehead atoms. The predicted molar refractivity (Wildman–Crippen MR) is 114 cm³/mol. The Morgan fingerprint density at radius 1 is 1.00 bits per heavy atom. The molecule has 0 atom stereocenters. The third-order valence-electron chi connectivity index (χ3n) is 4.98. The lowest BCUT2D eigenvalue weighted by atomic mass is 10.1. The maximum atomic E-state index is 12.7. The molecule has 1 N–H and O–H groups in total. The van der Waals surface area contributed by atoms with E-state index in [4.69, 9.17) is 0 Å². The van der Waals surface area contributed by atoms with E-state index in [1.54, 1.807) is 32.3 Å². The molecular formula is C21H25N3O4S. The average molecular weight is 416 g/mol. The zero-order valence-corrected chi connectivity index (χ0v) is 17.6. The van der Waals surface area contributed by atoms with Crippen molar-refractivity contribution in [1.82, 2.24) is 9.13 Å². The van der Waals surface area contributed by atoms with Crippen LogP contribution in [0.25, 0.3) is 11.0 Å². The third kappa shape index (κ3) is 4.42. The Balaban J connectivity index is 1.75. The summed E-state index contributed by atoms with van der Waals surface area (Å²) in [5.74, 6) is -1.27. The van der Waals surface area contributed by atoms with E-state index >= 15 is 0 Å². The SMILES string of the molecule is CCCCc1ccc(NC(=O)CS(=O)(=O)c2ccc3c(c2)n(C)c(=O)n3C)cc1. The third-order valence-corrected chi connectivity index (χ3v) is 6.59. The number of carbonyl (C=O) groups excluding carboxylic acids is 1. The lowest BCUT2D eigenvalue weighted by Crippen LogP contribution is -2.23. The van der Waals surface area contributed by atoms with Crippen LogP contribution in [0.3, 0.4) is 0 Å². The van der Waals surface area contributed by atoms with Gasteiger partial charge in [-0.05, 0) is 48.7 Å². The van der Waals surface area contributed by atoms with Gasteiger partial charge in [0.25, 0.3) is 0 Å². The van der Waals surface area contributed by atoms with Gasteiger partial charge in [0.2, 0.25) is 5.91 Å². The number of benzene rings is 2. The molecule has 154 valence electrons. The van der Waals surface area contributed by atoms with Gasteiger partial charge in [0.05, 0.1) is 15.9 Å². The summed E-state index contributed by atoms with van der Waals surface area (Å²) in [6.45, 7) is 2.13. The van der Waals surface area contributed by atoms with Crippen LogP contribution in [-0.2, 0) is 35.1 Å². The summed E-state index contributed by atoms with van der Waals surface area (Å²) in [5, 5.41) is 2.64. The summed E-state index contributed by atoms with van der Waals surface area (Å²) in [5.41, 5.74) is 2.63. The largest absolute Gasteiger partial charge is 0.328 e. The Bertz CT molecular complexity index is 1210.